The fourth-order valence-corrected chi connectivity index (χ4v) is 4.09. The molecule has 2 aromatic carbocycles. The maximum absolute atomic E-state index is 4.81. The first-order valence-electron chi connectivity index (χ1n) is 11.0. The number of benzene rings is 2. The highest BCUT2D eigenvalue weighted by atomic mass is 14.7. The molecule has 2 atom stereocenters. The molecule has 0 spiro atoms. The Morgan fingerprint density at radius 3 is 2.04 bits per heavy atom. The van der Waals surface area contributed by atoms with Crippen LogP contribution in [0.2, 0.25) is 0 Å². The third-order valence-electron chi connectivity index (χ3n) is 5.59. The molecule has 0 fully saturated rings. The van der Waals surface area contributed by atoms with Crippen molar-refractivity contribution in [3.8, 4) is 0 Å². The molecule has 0 bridgehead atoms. The second-order valence-electron chi connectivity index (χ2n) is 7.67. The molecule has 0 radical (unpaired) electrons. The van der Waals surface area contributed by atoms with Crippen molar-refractivity contribution in [1.29, 1.82) is 0 Å². The molecule has 2 rings (SSSR count). The number of allylic oxidation sites excluding steroid dienone is 2. The first-order valence-corrected chi connectivity index (χ1v) is 11.0. The lowest BCUT2D eigenvalue weighted by Crippen LogP contribution is -2.25. The van der Waals surface area contributed by atoms with Crippen molar-refractivity contribution in [2.45, 2.75) is 58.8 Å². The molecule has 2 unspecified atom stereocenters. The van der Waals surface area contributed by atoms with E-state index in [2.05, 4.69) is 86.7 Å². The van der Waals surface area contributed by atoms with Crippen LogP contribution >= 0.6 is 0 Å². The number of nitrogens with zero attached hydrogens (tertiary/aromatic N) is 1. The lowest BCUT2D eigenvalue weighted by Gasteiger charge is -2.25. The molecule has 0 saturated heterocycles. The Labute approximate surface area is 172 Å². The fourth-order valence-electron chi connectivity index (χ4n) is 4.09. The van der Waals surface area contributed by atoms with Crippen LogP contribution in [0.25, 0.3) is 0 Å². The minimum Gasteiger partial charge on any atom is -0.297 e. The van der Waals surface area contributed by atoms with Crippen molar-refractivity contribution < 1.29 is 0 Å². The number of rotatable bonds is 12. The minimum absolute atomic E-state index is 0.553. The van der Waals surface area contributed by atoms with Crippen LogP contribution in [0.3, 0.4) is 0 Å². The Morgan fingerprint density at radius 1 is 0.821 bits per heavy atom. The lowest BCUT2D eigenvalue weighted by atomic mass is 9.81. The van der Waals surface area contributed by atoms with Gasteiger partial charge in [0, 0.05) is 18.7 Å². The van der Waals surface area contributed by atoms with E-state index in [1.54, 1.807) is 0 Å². The first kappa shape index (κ1) is 22.1. The van der Waals surface area contributed by atoms with Gasteiger partial charge < -0.3 is 0 Å². The molecule has 0 aromatic heterocycles. The molecule has 2 aromatic rings. The van der Waals surface area contributed by atoms with E-state index in [4.69, 9.17) is 4.99 Å². The SMILES string of the molecule is CCCC(CC/C=C/Cc1ccccc1)C(=NC)C(CC)Cc1ccccc1. The normalized spacial score (nSPS) is 14.3. The van der Waals surface area contributed by atoms with Gasteiger partial charge in [-0.25, -0.2) is 0 Å². The van der Waals surface area contributed by atoms with Gasteiger partial charge in [-0.3, -0.25) is 4.99 Å². The molecule has 0 heterocycles. The summed E-state index contributed by atoms with van der Waals surface area (Å²) in [6.45, 7) is 4.60. The predicted molar refractivity (Wildman–Crippen MR) is 124 cm³/mol. The number of hydrogen-bond donors (Lipinski definition) is 0. The maximum atomic E-state index is 4.81. The van der Waals surface area contributed by atoms with Gasteiger partial charge in [-0.2, -0.15) is 0 Å². The van der Waals surface area contributed by atoms with Crippen LogP contribution in [-0.2, 0) is 12.8 Å². The molecule has 0 aliphatic rings. The Kier molecular flexibility index (Phi) is 10.4. The zero-order valence-corrected chi connectivity index (χ0v) is 18.0. The molecule has 0 amide bonds. The van der Waals surface area contributed by atoms with Crippen molar-refractivity contribution in [2.24, 2.45) is 16.8 Å². The summed E-state index contributed by atoms with van der Waals surface area (Å²) in [4.78, 5) is 4.81. The van der Waals surface area contributed by atoms with Gasteiger partial charge in [0.1, 0.15) is 0 Å². The van der Waals surface area contributed by atoms with Gasteiger partial charge in [0.15, 0.2) is 0 Å². The van der Waals surface area contributed by atoms with Gasteiger partial charge in [-0.05, 0) is 55.6 Å². The third kappa shape index (κ3) is 7.46. The van der Waals surface area contributed by atoms with Crippen molar-refractivity contribution in [3.05, 3.63) is 83.9 Å². The summed E-state index contributed by atoms with van der Waals surface area (Å²) in [6, 6.07) is 21.6. The molecule has 0 saturated carbocycles. The largest absolute Gasteiger partial charge is 0.297 e. The van der Waals surface area contributed by atoms with Gasteiger partial charge in [0.2, 0.25) is 0 Å². The predicted octanol–water partition coefficient (Wildman–Crippen LogP) is 7.32. The zero-order chi connectivity index (χ0) is 20.0. The van der Waals surface area contributed by atoms with E-state index >= 15 is 0 Å². The Balaban J connectivity index is 1.94. The molecule has 0 aliphatic heterocycles. The molecular formula is C27H37N. The van der Waals surface area contributed by atoms with Crippen LogP contribution in [0.1, 0.15) is 57.1 Å². The monoisotopic (exact) mass is 375 g/mol. The van der Waals surface area contributed by atoms with Crippen LogP contribution < -0.4 is 0 Å². The van der Waals surface area contributed by atoms with Crippen LogP contribution in [0.5, 0.6) is 0 Å². The van der Waals surface area contributed by atoms with Crippen molar-refractivity contribution in [3.63, 3.8) is 0 Å². The topological polar surface area (TPSA) is 12.4 Å². The molecule has 0 aliphatic carbocycles. The summed E-state index contributed by atoms with van der Waals surface area (Å²) < 4.78 is 0. The zero-order valence-electron chi connectivity index (χ0n) is 18.0. The fraction of sp³-hybridized carbons (Fsp3) is 0.444. The van der Waals surface area contributed by atoms with Gasteiger partial charge in [0.25, 0.3) is 0 Å². The van der Waals surface area contributed by atoms with Gasteiger partial charge in [-0.15, -0.1) is 0 Å². The summed E-state index contributed by atoms with van der Waals surface area (Å²) in [5.74, 6) is 1.15. The molecule has 0 N–H and O–H groups in total. The van der Waals surface area contributed by atoms with Crippen molar-refractivity contribution in [2.75, 3.05) is 7.05 Å². The maximum Gasteiger partial charge on any atom is 0.0276 e. The quantitative estimate of drug-likeness (QED) is 0.272. The minimum atomic E-state index is 0.553. The van der Waals surface area contributed by atoms with Gasteiger partial charge in [-0.1, -0.05) is 93.1 Å². The second kappa shape index (κ2) is 13.1. The molecule has 28 heavy (non-hydrogen) atoms. The standard InChI is InChI=1S/C27H37N/c1-4-15-26(21-14-8-11-18-23-16-9-6-10-17-23)27(28-3)25(5-2)22-24-19-12-7-13-20-24/h6-13,16-17,19-20,25-26H,4-5,14-15,18,21-22H2,1-3H3/b11-8+,28-27?. The highest BCUT2D eigenvalue weighted by molar-refractivity contribution is 5.89. The molecular weight excluding hydrogens is 338 g/mol. The average Bonchev–Trinajstić information content (AvgIpc) is 2.74. The van der Waals surface area contributed by atoms with Crippen molar-refractivity contribution >= 4 is 5.71 Å². The van der Waals surface area contributed by atoms with Crippen molar-refractivity contribution in [1.82, 2.24) is 0 Å². The number of hydrogen-bond acceptors (Lipinski definition) is 1. The van der Waals surface area contributed by atoms with Crippen LogP contribution in [-0.4, -0.2) is 12.8 Å². The molecule has 1 nitrogen and oxygen atoms in total. The van der Waals surface area contributed by atoms with Crippen LogP contribution in [0.15, 0.2) is 77.8 Å². The summed E-state index contributed by atoms with van der Waals surface area (Å²) >= 11 is 0. The Bertz CT molecular complexity index is 700. The van der Waals surface area contributed by atoms with Gasteiger partial charge >= 0.3 is 0 Å². The smallest absolute Gasteiger partial charge is 0.0276 e. The van der Waals surface area contributed by atoms with E-state index < -0.39 is 0 Å². The van der Waals surface area contributed by atoms with E-state index in [0.29, 0.717) is 11.8 Å². The summed E-state index contributed by atoms with van der Waals surface area (Å²) in [6.07, 6.45) is 12.8. The van der Waals surface area contributed by atoms with E-state index in [-0.39, 0.29) is 0 Å². The van der Waals surface area contributed by atoms with E-state index in [9.17, 15) is 0 Å². The van der Waals surface area contributed by atoms with E-state index in [1.807, 2.05) is 7.05 Å². The second-order valence-corrected chi connectivity index (χ2v) is 7.67. The molecule has 1 heteroatoms. The van der Waals surface area contributed by atoms with E-state index in [1.165, 1.54) is 36.1 Å². The Hall–Kier alpha value is -2.15. The van der Waals surface area contributed by atoms with Crippen LogP contribution in [0.4, 0.5) is 0 Å². The lowest BCUT2D eigenvalue weighted by molar-refractivity contribution is 0.524. The number of aliphatic imine (C=N–C) groups is 1. The summed E-state index contributed by atoms with van der Waals surface area (Å²) in [7, 11) is 2.00. The van der Waals surface area contributed by atoms with Gasteiger partial charge in [0.05, 0.1) is 0 Å². The highest BCUT2D eigenvalue weighted by Crippen LogP contribution is 2.25. The first-order chi connectivity index (χ1) is 13.8. The summed E-state index contributed by atoms with van der Waals surface area (Å²) in [5, 5.41) is 0. The average molecular weight is 376 g/mol. The highest BCUT2D eigenvalue weighted by Gasteiger charge is 2.22. The van der Waals surface area contributed by atoms with Crippen LogP contribution in [0, 0.1) is 11.8 Å². The Morgan fingerprint density at radius 2 is 1.46 bits per heavy atom. The summed E-state index contributed by atoms with van der Waals surface area (Å²) in [5.41, 5.74) is 4.24. The third-order valence-corrected chi connectivity index (χ3v) is 5.59. The molecule has 150 valence electrons. The van der Waals surface area contributed by atoms with E-state index in [0.717, 1.165) is 25.7 Å².